The molecule has 0 radical (unpaired) electrons. The minimum absolute atomic E-state index is 0.327. The van der Waals surface area contributed by atoms with Gasteiger partial charge in [-0.15, -0.1) is 0 Å². The molecule has 0 fully saturated rings. The van der Waals surface area contributed by atoms with Gasteiger partial charge < -0.3 is 9.47 Å². The lowest BCUT2D eigenvalue weighted by Gasteiger charge is -2.12. The Morgan fingerprint density at radius 2 is 1.89 bits per heavy atom. The zero-order valence-corrected chi connectivity index (χ0v) is 12.7. The van der Waals surface area contributed by atoms with Crippen LogP contribution < -0.4 is 4.74 Å². The van der Waals surface area contributed by atoms with Crippen LogP contribution in [0, 0.1) is 0 Å². The number of benzene rings is 1. The molecule has 4 nitrogen and oxygen atoms in total. The summed E-state index contributed by atoms with van der Waals surface area (Å²) in [6, 6.07) is 7.68. The Hall–Kier alpha value is -1.20. The molecule has 1 aromatic carbocycles. The number of nitrogens with zero attached hydrogens (tertiary/aromatic N) is 1. The van der Waals surface area contributed by atoms with Crippen LogP contribution in [0.4, 0.5) is 0 Å². The SMILES string of the molecule is COc1ccc(COC/C=N/[S@@](=O)C(C)(C)C)cc1. The summed E-state index contributed by atoms with van der Waals surface area (Å²) in [5.74, 6) is 0.825. The molecule has 0 aliphatic heterocycles. The highest BCUT2D eigenvalue weighted by Gasteiger charge is 2.17. The van der Waals surface area contributed by atoms with Gasteiger partial charge in [0.2, 0.25) is 0 Å². The molecule has 0 aliphatic carbocycles. The summed E-state index contributed by atoms with van der Waals surface area (Å²) in [7, 11) is 0.419. The predicted octanol–water partition coefficient (Wildman–Crippen LogP) is 2.74. The molecule has 0 amide bonds. The Morgan fingerprint density at radius 3 is 2.42 bits per heavy atom. The molecule has 0 aromatic heterocycles. The van der Waals surface area contributed by atoms with E-state index < -0.39 is 11.0 Å². The number of methoxy groups -OCH3 is 1. The first kappa shape index (κ1) is 15.9. The van der Waals surface area contributed by atoms with E-state index in [4.69, 9.17) is 9.47 Å². The maximum absolute atomic E-state index is 11.6. The first-order valence-electron chi connectivity index (χ1n) is 6.08. The van der Waals surface area contributed by atoms with Crippen LogP contribution in [0.1, 0.15) is 26.3 Å². The van der Waals surface area contributed by atoms with Crippen molar-refractivity contribution in [2.75, 3.05) is 13.7 Å². The minimum Gasteiger partial charge on any atom is -0.497 e. The number of hydrogen-bond acceptors (Lipinski definition) is 3. The predicted molar refractivity (Wildman–Crippen MR) is 79.0 cm³/mol. The van der Waals surface area contributed by atoms with Crippen molar-refractivity contribution in [3.63, 3.8) is 0 Å². The van der Waals surface area contributed by atoms with Crippen molar-refractivity contribution in [2.45, 2.75) is 32.1 Å². The number of hydrogen-bond donors (Lipinski definition) is 0. The van der Waals surface area contributed by atoms with Gasteiger partial charge in [0.05, 0.1) is 25.1 Å². The Bertz CT molecular complexity index is 435. The normalized spacial score (nSPS) is 13.7. The van der Waals surface area contributed by atoms with Gasteiger partial charge in [-0.3, -0.25) is 0 Å². The Labute approximate surface area is 117 Å². The van der Waals surface area contributed by atoms with Gasteiger partial charge in [0.25, 0.3) is 0 Å². The first-order valence-corrected chi connectivity index (χ1v) is 7.19. The molecule has 0 unspecified atom stereocenters. The van der Waals surface area contributed by atoms with E-state index in [0.717, 1.165) is 11.3 Å². The highest BCUT2D eigenvalue weighted by molar-refractivity contribution is 7.85. The van der Waals surface area contributed by atoms with Gasteiger partial charge in [-0.05, 0) is 38.5 Å². The second-order valence-corrected chi connectivity index (χ2v) is 6.95. The first-order chi connectivity index (χ1) is 8.93. The fourth-order valence-electron chi connectivity index (χ4n) is 1.21. The van der Waals surface area contributed by atoms with Crippen molar-refractivity contribution in [2.24, 2.45) is 4.40 Å². The molecule has 19 heavy (non-hydrogen) atoms. The van der Waals surface area contributed by atoms with E-state index >= 15 is 0 Å². The Balaban J connectivity index is 2.30. The lowest BCUT2D eigenvalue weighted by atomic mass is 10.2. The quantitative estimate of drug-likeness (QED) is 0.596. The molecule has 0 heterocycles. The molecule has 0 saturated heterocycles. The molecule has 106 valence electrons. The molecular weight excluding hydrogens is 262 g/mol. The van der Waals surface area contributed by atoms with Crippen LogP contribution in [0.5, 0.6) is 5.75 Å². The largest absolute Gasteiger partial charge is 0.497 e. The van der Waals surface area contributed by atoms with E-state index in [9.17, 15) is 4.21 Å². The highest BCUT2D eigenvalue weighted by atomic mass is 32.2. The lowest BCUT2D eigenvalue weighted by molar-refractivity contribution is 0.160. The van der Waals surface area contributed by atoms with Crippen molar-refractivity contribution < 1.29 is 13.7 Å². The summed E-state index contributed by atoms with van der Waals surface area (Å²) >= 11 is 0. The zero-order valence-electron chi connectivity index (χ0n) is 11.9. The van der Waals surface area contributed by atoms with Gasteiger partial charge >= 0.3 is 0 Å². The summed E-state index contributed by atoms with van der Waals surface area (Å²) in [5, 5.41) is 0. The van der Waals surface area contributed by atoms with Crippen LogP contribution in [0.15, 0.2) is 28.7 Å². The van der Waals surface area contributed by atoms with Crippen LogP contribution in [0.2, 0.25) is 0 Å². The second kappa shape index (κ2) is 7.40. The topological polar surface area (TPSA) is 47.9 Å². The molecule has 0 saturated carbocycles. The van der Waals surface area contributed by atoms with E-state index in [1.54, 1.807) is 13.3 Å². The van der Waals surface area contributed by atoms with E-state index in [1.807, 2.05) is 45.0 Å². The third-order valence-electron chi connectivity index (χ3n) is 2.31. The highest BCUT2D eigenvalue weighted by Crippen LogP contribution is 2.12. The maximum atomic E-state index is 11.6. The zero-order chi connectivity index (χ0) is 14.3. The average Bonchev–Trinajstić information content (AvgIpc) is 2.37. The van der Waals surface area contributed by atoms with E-state index in [0.29, 0.717) is 13.2 Å². The van der Waals surface area contributed by atoms with Crippen LogP contribution >= 0.6 is 0 Å². The molecule has 1 aromatic rings. The van der Waals surface area contributed by atoms with Crippen molar-refractivity contribution in [3.05, 3.63) is 29.8 Å². The molecule has 0 spiro atoms. The number of ether oxygens (including phenoxy) is 2. The van der Waals surface area contributed by atoms with E-state index in [-0.39, 0.29) is 4.75 Å². The standard InChI is InChI=1S/C14H21NO3S/c1-14(2,3)19(16)15-9-10-18-11-12-5-7-13(17-4)8-6-12/h5-9H,10-11H2,1-4H3/b15-9+/t19-/m0/s1. The van der Waals surface area contributed by atoms with Crippen LogP contribution in [-0.2, 0) is 22.3 Å². The average molecular weight is 283 g/mol. The van der Waals surface area contributed by atoms with Crippen molar-refractivity contribution in [1.29, 1.82) is 0 Å². The number of rotatable bonds is 6. The Kier molecular flexibility index (Phi) is 6.18. The molecule has 0 N–H and O–H groups in total. The van der Waals surface area contributed by atoms with E-state index in [1.165, 1.54) is 0 Å². The third-order valence-corrected chi connectivity index (χ3v) is 3.70. The fraction of sp³-hybridized carbons (Fsp3) is 0.500. The van der Waals surface area contributed by atoms with Gasteiger partial charge in [0, 0.05) is 6.21 Å². The van der Waals surface area contributed by atoms with Gasteiger partial charge in [-0.25, -0.2) is 4.21 Å². The third kappa shape index (κ3) is 5.98. The summed E-state index contributed by atoms with van der Waals surface area (Å²) in [6.07, 6.45) is 1.56. The Morgan fingerprint density at radius 1 is 1.26 bits per heavy atom. The molecule has 1 rings (SSSR count). The van der Waals surface area contributed by atoms with Gasteiger partial charge in [0.1, 0.15) is 16.7 Å². The monoisotopic (exact) mass is 283 g/mol. The smallest absolute Gasteiger partial charge is 0.144 e. The van der Waals surface area contributed by atoms with Crippen LogP contribution in [0.25, 0.3) is 0 Å². The van der Waals surface area contributed by atoms with Crippen molar-refractivity contribution in [3.8, 4) is 5.75 Å². The summed E-state index contributed by atoms with van der Waals surface area (Å²) < 4.78 is 25.7. The summed E-state index contributed by atoms with van der Waals surface area (Å²) in [4.78, 5) is 0. The van der Waals surface area contributed by atoms with Crippen LogP contribution in [0.3, 0.4) is 0 Å². The van der Waals surface area contributed by atoms with Crippen molar-refractivity contribution >= 4 is 17.2 Å². The fourth-order valence-corrected chi connectivity index (χ4v) is 1.72. The van der Waals surface area contributed by atoms with E-state index in [2.05, 4.69) is 4.40 Å². The summed E-state index contributed by atoms with van der Waals surface area (Å²) in [6.45, 7) is 6.52. The van der Waals surface area contributed by atoms with Gasteiger partial charge in [-0.1, -0.05) is 12.1 Å². The minimum atomic E-state index is -1.22. The second-order valence-electron chi connectivity index (χ2n) is 5.01. The maximum Gasteiger partial charge on any atom is 0.144 e. The summed E-state index contributed by atoms with van der Waals surface area (Å²) in [5.41, 5.74) is 1.06. The van der Waals surface area contributed by atoms with Crippen molar-refractivity contribution in [1.82, 2.24) is 0 Å². The lowest BCUT2D eigenvalue weighted by Crippen LogP contribution is -2.19. The molecule has 1 atom stereocenters. The molecule has 5 heteroatoms. The van der Waals surface area contributed by atoms with Gasteiger partial charge in [-0.2, -0.15) is 4.40 Å². The molecule has 0 aliphatic rings. The van der Waals surface area contributed by atoms with Crippen LogP contribution in [-0.4, -0.2) is 28.9 Å². The molecular formula is C14H21NO3S. The van der Waals surface area contributed by atoms with Gasteiger partial charge in [0.15, 0.2) is 0 Å². The molecule has 0 bridgehead atoms.